The first kappa shape index (κ1) is 14.2. The molecule has 106 valence electrons. The number of benzene rings is 1. The summed E-state index contributed by atoms with van der Waals surface area (Å²) in [7, 11) is 1.71. The summed E-state index contributed by atoms with van der Waals surface area (Å²) in [5.41, 5.74) is 8.90. The monoisotopic (exact) mass is 262 g/mol. The van der Waals surface area contributed by atoms with Crippen LogP contribution in [-0.2, 0) is 0 Å². The van der Waals surface area contributed by atoms with Crippen LogP contribution < -0.4 is 15.4 Å². The van der Waals surface area contributed by atoms with Crippen LogP contribution in [0.5, 0.6) is 5.75 Å². The molecule has 0 aliphatic carbocycles. The van der Waals surface area contributed by atoms with E-state index in [0.717, 1.165) is 31.7 Å². The molecule has 1 fully saturated rings. The first-order chi connectivity index (χ1) is 9.26. The van der Waals surface area contributed by atoms with Crippen molar-refractivity contribution in [2.75, 3.05) is 25.1 Å². The van der Waals surface area contributed by atoms with E-state index in [9.17, 15) is 0 Å². The van der Waals surface area contributed by atoms with Gasteiger partial charge in [-0.2, -0.15) is 0 Å². The van der Waals surface area contributed by atoms with Gasteiger partial charge in [0.1, 0.15) is 5.75 Å². The Balaban J connectivity index is 2.29. The predicted octanol–water partition coefficient (Wildman–Crippen LogP) is 3.49. The predicted molar refractivity (Wildman–Crippen MR) is 80.9 cm³/mol. The number of ether oxygens (including phenoxy) is 1. The summed E-state index contributed by atoms with van der Waals surface area (Å²) >= 11 is 0. The molecule has 3 nitrogen and oxygen atoms in total. The second kappa shape index (κ2) is 6.80. The zero-order valence-corrected chi connectivity index (χ0v) is 12.2. The van der Waals surface area contributed by atoms with Crippen LogP contribution in [0.25, 0.3) is 0 Å². The highest BCUT2D eigenvalue weighted by molar-refractivity contribution is 5.58. The van der Waals surface area contributed by atoms with Crippen molar-refractivity contribution >= 4 is 5.69 Å². The Morgan fingerprint density at radius 3 is 2.63 bits per heavy atom. The van der Waals surface area contributed by atoms with Crippen molar-refractivity contribution in [1.29, 1.82) is 0 Å². The summed E-state index contributed by atoms with van der Waals surface area (Å²) in [5.74, 6) is 0.905. The Morgan fingerprint density at radius 1 is 1.26 bits per heavy atom. The van der Waals surface area contributed by atoms with Crippen molar-refractivity contribution in [1.82, 2.24) is 0 Å². The Bertz CT molecular complexity index is 400. The number of piperidine rings is 1. The van der Waals surface area contributed by atoms with Gasteiger partial charge in [0.15, 0.2) is 0 Å². The minimum absolute atomic E-state index is 0.108. The van der Waals surface area contributed by atoms with Crippen molar-refractivity contribution in [3.8, 4) is 5.75 Å². The summed E-state index contributed by atoms with van der Waals surface area (Å²) in [6.45, 7) is 4.48. The first-order valence-electron chi connectivity index (χ1n) is 7.44. The maximum Gasteiger partial charge on any atom is 0.119 e. The molecular weight excluding hydrogens is 236 g/mol. The average molecular weight is 262 g/mol. The normalized spacial score (nSPS) is 17.3. The van der Waals surface area contributed by atoms with Crippen molar-refractivity contribution in [2.24, 2.45) is 5.73 Å². The van der Waals surface area contributed by atoms with Gasteiger partial charge in [0.05, 0.1) is 7.11 Å². The highest BCUT2D eigenvalue weighted by atomic mass is 16.5. The molecular formula is C16H26N2O. The van der Waals surface area contributed by atoms with E-state index in [4.69, 9.17) is 10.5 Å². The lowest BCUT2D eigenvalue weighted by atomic mass is 9.99. The van der Waals surface area contributed by atoms with E-state index in [1.165, 1.54) is 30.5 Å². The Hall–Kier alpha value is -1.22. The molecule has 19 heavy (non-hydrogen) atoms. The third-order valence-corrected chi connectivity index (χ3v) is 3.93. The maximum absolute atomic E-state index is 6.35. The number of anilines is 1. The fourth-order valence-electron chi connectivity index (χ4n) is 2.85. The molecule has 1 aromatic rings. The molecule has 2 rings (SSSR count). The number of nitrogens with two attached hydrogens (primary N) is 1. The Labute approximate surface area is 116 Å². The van der Waals surface area contributed by atoms with Crippen molar-refractivity contribution in [3.05, 3.63) is 23.8 Å². The second-order valence-electron chi connectivity index (χ2n) is 5.37. The van der Waals surface area contributed by atoms with E-state index in [1.807, 2.05) is 6.07 Å². The quantitative estimate of drug-likeness (QED) is 0.883. The topological polar surface area (TPSA) is 38.5 Å². The highest BCUT2D eigenvalue weighted by Crippen LogP contribution is 2.32. The fourth-order valence-corrected chi connectivity index (χ4v) is 2.85. The number of rotatable bonds is 5. The van der Waals surface area contributed by atoms with E-state index in [1.54, 1.807) is 7.11 Å². The molecule has 1 saturated heterocycles. The zero-order chi connectivity index (χ0) is 13.7. The van der Waals surface area contributed by atoms with Gasteiger partial charge in [0.25, 0.3) is 0 Å². The third-order valence-electron chi connectivity index (χ3n) is 3.93. The number of methoxy groups -OCH3 is 1. The minimum Gasteiger partial charge on any atom is -0.497 e. The molecule has 1 aliphatic rings. The van der Waals surface area contributed by atoms with Crippen LogP contribution in [0.15, 0.2) is 18.2 Å². The standard InChI is InChI=1S/C16H26N2O/c1-3-7-15(17)14-12-13(19-2)8-9-16(14)18-10-5-4-6-11-18/h8-9,12,15H,3-7,10-11,17H2,1-2H3. The van der Waals surface area contributed by atoms with Crippen molar-refractivity contribution < 1.29 is 4.74 Å². The molecule has 2 N–H and O–H groups in total. The van der Waals surface area contributed by atoms with Gasteiger partial charge in [0.2, 0.25) is 0 Å². The van der Waals surface area contributed by atoms with Crippen LogP contribution in [0.4, 0.5) is 5.69 Å². The molecule has 1 aromatic carbocycles. The van der Waals surface area contributed by atoms with Gasteiger partial charge in [0, 0.05) is 24.8 Å². The molecule has 0 aromatic heterocycles. The number of hydrogen-bond acceptors (Lipinski definition) is 3. The van der Waals surface area contributed by atoms with E-state index < -0.39 is 0 Å². The van der Waals surface area contributed by atoms with E-state index in [0.29, 0.717) is 0 Å². The van der Waals surface area contributed by atoms with Crippen molar-refractivity contribution in [3.63, 3.8) is 0 Å². The molecule has 0 bridgehead atoms. The molecule has 1 heterocycles. The fraction of sp³-hybridized carbons (Fsp3) is 0.625. The highest BCUT2D eigenvalue weighted by Gasteiger charge is 2.18. The van der Waals surface area contributed by atoms with Crippen LogP contribution in [0.3, 0.4) is 0 Å². The number of nitrogens with zero attached hydrogens (tertiary/aromatic N) is 1. The van der Waals surface area contributed by atoms with Crippen LogP contribution >= 0.6 is 0 Å². The maximum atomic E-state index is 6.35. The Morgan fingerprint density at radius 2 is 2.00 bits per heavy atom. The van der Waals surface area contributed by atoms with Gasteiger partial charge in [-0.05, 0) is 49.4 Å². The van der Waals surface area contributed by atoms with Gasteiger partial charge < -0.3 is 15.4 Å². The van der Waals surface area contributed by atoms with E-state index in [-0.39, 0.29) is 6.04 Å². The van der Waals surface area contributed by atoms with Crippen LogP contribution in [0.1, 0.15) is 50.6 Å². The number of hydrogen-bond donors (Lipinski definition) is 1. The third kappa shape index (κ3) is 3.41. The Kier molecular flexibility index (Phi) is 5.08. The molecule has 1 unspecified atom stereocenters. The second-order valence-corrected chi connectivity index (χ2v) is 5.37. The summed E-state index contributed by atoms with van der Waals surface area (Å²) in [5, 5.41) is 0. The summed E-state index contributed by atoms with van der Waals surface area (Å²) < 4.78 is 5.35. The van der Waals surface area contributed by atoms with Crippen LogP contribution in [0.2, 0.25) is 0 Å². The SMILES string of the molecule is CCCC(N)c1cc(OC)ccc1N1CCCCC1. The first-order valence-corrected chi connectivity index (χ1v) is 7.44. The van der Waals surface area contributed by atoms with Gasteiger partial charge in [-0.1, -0.05) is 13.3 Å². The average Bonchev–Trinajstić information content (AvgIpc) is 2.47. The van der Waals surface area contributed by atoms with Crippen LogP contribution in [0, 0.1) is 0 Å². The van der Waals surface area contributed by atoms with Crippen LogP contribution in [-0.4, -0.2) is 20.2 Å². The van der Waals surface area contributed by atoms with Gasteiger partial charge in [-0.3, -0.25) is 0 Å². The molecule has 0 spiro atoms. The van der Waals surface area contributed by atoms with Gasteiger partial charge >= 0.3 is 0 Å². The lowest BCUT2D eigenvalue weighted by Crippen LogP contribution is -2.31. The molecule has 0 radical (unpaired) electrons. The van der Waals surface area contributed by atoms with Crippen molar-refractivity contribution in [2.45, 2.75) is 45.1 Å². The summed E-state index contributed by atoms with van der Waals surface area (Å²) in [6.07, 6.45) is 6.05. The van der Waals surface area contributed by atoms with Gasteiger partial charge in [-0.25, -0.2) is 0 Å². The lowest BCUT2D eigenvalue weighted by molar-refractivity contribution is 0.413. The minimum atomic E-state index is 0.108. The van der Waals surface area contributed by atoms with Gasteiger partial charge in [-0.15, -0.1) is 0 Å². The molecule has 1 aliphatic heterocycles. The molecule has 0 amide bonds. The smallest absolute Gasteiger partial charge is 0.119 e. The largest absolute Gasteiger partial charge is 0.497 e. The molecule has 0 saturated carbocycles. The van der Waals surface area contributed by atoms with E-state index >= 15 is 0 Å². The zero-order valence-electron chi connectivity index (χ0n) is 12.2. The molecule has 1 atom stereocenters. The summed E-state index contributed by atoms with van der Waals surface area (Å²) in [6, 6.07) is 6.45. The lowest BCUT2D eigenvalue weighted by Gasteiger charge is -2.32. The molecule has 3 heteroatoms. The van der Waals surface area contributed by atoms with E-state index in [2.05, 4.69) is 24.0 Å². The summed E-state index contributed by atoms with van der Waals surface area (Å²) in [4.78, 5) is 2.48.